The molecule has 1 N–H and O–H groups in total. The molecule has 2 aromatic heterocycles. The van der Waals surface area contributed by atoms with Crippen LogP contribution in [0.4, 0.5) is 15.9 Å². The van der Waals surface area contributed by atoms with Gasteiger partial charge >= 0.3 is 0 Å². The Hall–Kier alpha value is -3.12. The van der Waals surface area contributed by atoms with Crippen molar-refractivity contribution in [2.24, 2.45) is 0 Å². The van der Waals surface area contributed by atoms with Crippen LogP contribution in [0.3, 0.4) is 0 Å². The summed E-state index contributed by atoms with van der Waals surface area (Å²) in [7, 11) is 0. The van der Waals surface area contributed by atoms with Gasteiger partial charge in [-0.05, 0) is 54.8 Å². The minimum atomic E-state index is -0.556. The molecule has 0 spiro atoms. The number of anilines is 2. The lowest BCUT2D eigenvalue weighted by Gasteiger charge is -2.21. The number of aromatic nitrogens is 3. The number of hydrogen-bond acceptors (Lipinski definition) is 5. The van der Waals surface area contributed by atoms with Crippen LogP contribution in [0.25, 0.3) is 23.5 Å². The molecule has 134 valence electrons. The fourth-order valence-corrected chi connectivity index (χ4v) is 3.70. The minimum absolute atomic E-state index is 0.230. The molecule has 0 radical (unpaired) electrons. The van der Waals surface area contributed by atoms with Gasteiger partial charge < -0.3 is 10.0 Å². The molecule has 27 heavy (non-hydrogen) atoms. The van der Waals surface area contributed by atoms with Gasteiger partial charge in [0.25, 0.3) is 0 Å². The summed E-state index contributed by atoms with van der Waals surface area (Å²) in [6.45, 7) is 0.707. The molecule has 6 heteroatoms. The molecular weight excluding hydrogens is 343 g/mol. The number of aliphatic hydroxyl groups excluding tert-OH is 1. The van der Waals surface area contributed by atoms with Gasteiger partial charge in [0, 0.05) is 35.4 Å². The largest absolute Gasteiger partial charge is 0.389 e. The van der Waals surface area contributed by atoms with Crippen molar-refractivity contribution in [3.8, 4) is 11.4 Å². The smallest absolute Gasteiger partial charge is 0.163 e. The first-order valence-electron chi connectivity index (χ1n) is 8.93. The van der Waals surface area contributed by atoms with Gasteiger partial charge in [0.15, 0.2) is 5.82 Å². The number of benzene rings is 1. The fourth-order valence-electron chi connectivity index (χ4n) is 3.70. The monoisotopic (exact) mass is 360 g/mol. The molecule has 1 atom stereocenters. The summed E-state index contributed by atoms with van der Waals surface area (Å²) < 4.78 is 13.6. The van der Waals surface area contributed by atoms with E-state index < -0.39 is 6.10 Å². The fraction of sp³-hybridized carbons (Fsp3) is 0.190. The molecule has 3 heterocycles. The first kappa shape index (κ1) is 16.1. The van der Waals surface area contributed by atoms with Crippen molar-refractivity contribution in [1.82, 2.24) is 15.0 Å². The molecule has 2 aliphatic rings. The van der Waals surface area contributed by atoms with E-state index in [1.54, 1.807) is 30.6 Å². The molecule has 1 aliphatic heterocycles. The van der Waals surface area contributed by atoms with Crippen LogP contribution in [-0.4, -0.2) is 32.7 Å². The molecule has 1 aliphatic carbocycles. The summed E-state index contributed by atoms with van der Waals surface area (Å²) in [4.78, 5) is 15.7. The van der Waals surface area contributed by atoms with E-state index in [2.05, 4.69) is 14.9 Å². The van der Waals surface area contributed by atoms with E-state index in [0.29, 0.717) is 18.8 Å². The second-order valence-corrected chi connectivity index (χ2v) is 6.76. The zero-order valence-electron chi connectivity index (χ0n) is 14.5. The Bertz CT molecular complexity index is 1150. The molecule has 0 saturated carbocycles. The lowest BCUT2D eigenvalue weighted by Crippen LogP contribution is -2.39. The van der Waals surface area contributed by atoms with Crippen molar-refractivity contribution in [2.45, 2.75) is 18.9 Å². The third-order valence-electron chi connectivity index (χ3n) is 4.98. The van der Waals surface area contributed by atoms with Crippen LogP contribution >= 0.6 is 0 Å². The molecule has 1 aromatic carbocycles. The predicted octanol–water partition coefficient (Wildman–Crippen LogP) is 1.70. The van der Waals surface area contributed by atoms with E-state index in [1.807, 2.05) is 18.2 Å². The second kappa shape index (κ2) is 6.25. The first-order chi connectivity index (χ1) is 13.2. The standard InChI is InChI=1S/C21H17FN4O/c22-15-3-6-19-13(10-15)7-9-26(19)21-17-11-16(27)4-5-18(17)24-20(25-21)14-2-1-8-23-12-14/h1-3,5-6,8,10-12,16,27H,4,7,9H2. The maximum Gasteiger partial charge on any atom is 0.163 e. The predicted molar refractivity (Wildman–Crippen MR) is 101 cm³/mol. The Morgan fingerprint density at radius 1 is 1.19 bits per heavy atom. The van der Waals surface area contributed by atoms with Gasteiger partial charge in [-0.15, -0.1) is 0 Å². The van der Waals surface area contributed by atoms with E-state index in [9.17, 15) is 9.50 Å². The zero-order chi connectivity index (χ0) is 18.4. The summed E-state index contributed by atoms with van der Waals surface area (Å²) in [5.74, 6) is 1.10. The van der Waals surface area contributed by atoms with Crippen LogP contribution in [-0.2, 0) is 6.42 Å². The molecule has 3 aromatic rings. The van der Waals surface area contributed by atoms with Crippen LogP contribution in [0, 0.1) is 5.82 Å². The van der Waals surface area contributed by atoms with Gasteiger partial charge in [-0.3, -0.25) is 4.98 Å². The van der Waals surface area contributed by atoms with Crippen LogP contribution < -0.4 is 15.5 Å². The highest BCUT2D eigenvalue weighted by Crippen LogP contribution is 2.33. The summed E-state index contributed by atoms with van der Waals surface area (Å²) in [6, 6.07) is 8.62. The SMILES string of the molecule is OC1C=c2c(N3CCc4cc(F)ccc43)nc(-c3cccnc3)nc2=CC1. The van der Waals surface area contributed by atoms with Gasteiger partial charge in [0.2, 0.25) is 0 Å². The summed E-state index contributed by atoms with van der Waals surface area (Å²) in [6.07, 6.45) is 7.91. The average Bonchev–Trinajstić information content (AvgIpc) is 3.10. The summed E-state index contributed by atoms with van der Waals surface area (Å²) in [5.41, 5.74) is 2.74. The molecule has 5 nitrogen and oxygen atoms in total. The maximum atomic E-state index is 13.6. The van der Waals surface area contributed by atoms with Crippen molar-refractivity contribution in [1.29, 1.82) is 0 Å². The van der Waals surface area contributed by atoms with Crippen LogP contribution in [0.2, 0.25) is 0 Å². The van der Waals surface area contributed by atoms with Crippen LogP contribution in [0.1, 0.15) is 12.0 Å². The Morgan fingerprint density at radius 3 is 2.96 bits per heavy atom. The van der Waals surface area contributed by atoms with Crippen molar-refractivity contribution < 1.29 is 9.50 Å². The second-order valence-electron chi connectivity index (χ2n) is 6.76. The Balaban J connectivity index is 1.74. The molecule has 5 rings (SSSR count). The number of rotatable bonds is 2. The number of halogens is 1. The van der Waals surface area contributed by atoms with Gasteiger partial charge in [0.1, 0.15) is 11.6 Å². The summed E-state index contributed by atoms with van der Waals surface area (Å²) in [5, 5.41) is 11.7. The molecular formula is C21H17FN4O. The topological polar surface area (TPSA) is 62.1 Å². The van der Waals surface area contributed by atoms with Gasteiger partial charge in [-0.2, -0.15) is 0 Å². The quantitative estimate of drug-likeness (QED) is 0.754. The number of pyridine rings is 1. The lowest BCUT2D eigenvalue weighted by atomic mass is 10.1. The number of hydrogen-bond donors (Lipinski definition) is 1. The van der Waals surface area contributed by atoms with E-state index >= 15 is 0 Å². The van der Waals surface area contributed by atoms with Crippen molar-refractivity contribution in [3.05, 3.63) is 64.7 Å². The molecule has 0 fully saturated rings. The van der Waals surface area contributed by atoms with Crippen molar-refractivity contribution in [3.63, 3.8) is 0 Å². The van der Waals surface area contributed by atoms with E-state index in [4.69, 9.17) is 4.98 Å². The normalized spacial score (nSPS) is 17.7. The Morgan fingerprint density at radius 2 is 2.11 bits per heavy atom. The van der Waals surface area contributed by atoms with E-state index in [1.165, 1.54) is 6.07 Å². The zero-order valence-corrected chi connectivity index (χ0v) is 14.5. The maximum absolute atomic E-state index is 13.6. The van der Waals surface area contributed by atoms with Gasteiger partial charge in [0.05, 0.1) is 11.5 Å². The highest BCUT2D eigenvalue weighted by molar-refractivity contribution is 5.70. The van der Waals surface area contributed by atoms with Crippen molar-refractivity contribution in [2.75, 3.05) is 11.4 Å². The summed E-state index contributed by atoms with van der Waals surface area (Å²) >= 11 is 0. The lowest BCUT2D eigenvalue weighted by molar-refractivity contribution is 0.244. The number of fused-ring (bicyclic) bond motifs is 2. The molecule has 1 unspecified atom stereocenters. The van der Waals surface area contributed by atoms with Gasteiger partial charge in [-0.1, -0.05) is 6.08 Å². The van der Waals surface area contributed by atoms with E-state index in [0.717, 1.165) is 39.6 Å². The number of aliphatic hydroxyl groups is 1. The molecule has 0 saturated heterocycles. The molecule has 0 amide bonds. The third-order valence-corrected chi connectivity index (χ3v) is 4.98. The highest BCUT2D eigenvalue weighted by Gasteiger charge is 2.24. The van der Waals surface area contributed by atoms with Crippen molar-refractivity contribution >= 4 is 23.7 Å². The Kier molecular flexibility index (Phi) is 3.72. The number of nitrogens with zero attached hydrogens (tertiary/aromatic N) is 4. The van der Waals surface area contributed by atoms with Gasteiger partial charge in [-0.25, -0.2) is 14.4 Å². The minimum Gasteiger partial charge on any atom is -0.389 e. The molecule has 0 bridgehead atoms. The average molecular weight is 360 g/mol. The van der Waals surface area contributed by atoms with Crippen LogP contribution in [0.5, 0.6) is 0 Å². The highest BCUT2D eigenvalue weighted by atomic mass is 19.1. The Labute approximate surface area is 155 Å². The first-order valence-corrected chi connectivity index (χ1v) is 8.93. The van der Waals surface area contributed by atoms with E-state index in [-0.39, 0.29) is 5.82 Å². The van der Waals surface area contributed by atoms with Crippen LogP contribution in [0.15, 0.2) is 42.7 Å². The third kappa shape index (κ3) is 2.78.